The van der Waals surface area contributed by atoms with Crippen LogP contribution in [0.4, 0.5) is 17.1 Å². The van der Waals surface area contributed by atoms with E-state index < -0.39 is 0 Å². The zero-order chi connectivity index (χ0) is 40.0. The maximum absolute atomic E-state index is 6.78. The highest BCUT2D eigenvalue weighted by Crippen LogP contribution is 2.58. The molecule has 1 heterocycles. The number of hydrogen-bond donors (Lipinski definition) is 0. The van der Waals surface area contributed by atoms with Crippen molar-refractivity contribution in [3.05, 3.63) is 204 Å². The molecule has 0 N–H and O–H groups in total. The third kappa shape index (κ3) is 5.26. The highest BCUT2D eigenvalue weighted by molar-refractivity contribution is 6.11. The second-order valence-electron chi connectivity index (χ2n) is 17.2. The van der Waals surface area contributed by atoms with Crippen molar-refractivity contribution in [2.45, 2.75) is 45.4 Å². The van der Waals surface area contributed by atoms with E-state index in [2.05, 4.69) is 215 Å². The van der Waals surface area contributed by atoms with Crippen molar-refractivity contribution >= 4 is 55.8 Å². The molecule has 0 radical (unpaired) electrons. The van der Waals surface area contributed by atoms with E-state index in [1.165, 1.54) is 66.4 Å². The van der Waals surface area contributed by atoms with E-state index >= 15 is 0 Å². The monoisotopic (exact) mass is 759 g/mol. The topological polar surface area (TPSA) is 16.4 Å². The normalized spacial score (nSPS) is 14.7. The number of para-hydroxylation sites is 2. The molecule has 11 rings (SSSR count). The van der Waals surface area contributed by atoms with Crippen LogP contribution in [0.3, 0.4) is 0 Å². The quantitative estimate of drug-likeness (QED) is 0.157. The fourth-order valence-corrected chi connectivity index (χ4v) is 10.1. The zero-order valence-corrected chi connectivity index (χ0v) is 34.2. The van der Waals surface area contributed by atoms with Gasteiger partial charge >= 0.3 is 0 Å². The Labute approximate surface area is 346 Å². The number of anilines is 3. The number of rotatable bonds is 6. The van der Waals surface area contributed by atoms with Gasteiger partial charge in [0.1, 0.15) is 5.58 Å². The molecule has 1 aromatic heterocycles. The molecule has 0 spiro atoms. The van der Waals surface area contributed by atoms with E-state index in [9.17, 15) is 0 Å². The average molecular weight is 760 g/mol. The van der Waals surface area contributed by atoms with Gasteiger partial charge in [-0.2, -0.15) is 0 Å². The molecular formula is C57H45NO. The van der Waals surface area contributed by atoms with Crippen molar-refractivity contribution in [3.8, 4) is 33.4 Å². The van der Waals surface area contributed by atoms with Crippen molar-refractivity contribution in [3.63, 3.8) is 0 Å². The summed E-state index contributed by atoms with van der Waals surface area (Å²) in [5, 5.41) is 4.84. The van der Waals surface area contributed by atoms with Crippen LogP contribution in [-0.2, 0) is 10.8 Å². The minimum atomic E-state index is -0.258. The molecule has 2 nitrogen and oxygen atoms in total. The van der Waals surface area contributed by atoms with Gasteiger partial charge in [-0.25, -0.2) is 0 Å². The van der Waals surface area contributed by atoms with Gasteiger partial charge in [-0.15, -0.1) is 0 Å². The van der Waals surface area contributed by atoms with Gasteiger partial charge in [0.05, 0.1) is 11.4 Å². The zero-order valence-electron chi connectivity index (χ0n) is 34.2. The number of fused-ring (bicyclic) bond motifs is 11. The van der Waals surface area contributed by atoms with Crippen LogP contribution in [0.15, 0.2) is 180 Å². The molecule has 0 aliphatic heterocycles. The van der Waals surface area contributed by atoms with Gasteiger partial charge in [0.25, 0.3) is 0 Å². The van der Waals surface area contributed by atoms with Crippen LogP contribution in [0.5, 0.6) is 0 Å². The van der Waals surface area contributed by atoms with Crippen molar-refractivity contribution in [2.24, 2.45) is 0 Å². The summed E-state index contributed by atoms with van der Waals surface area (Å²) >= 11 is 0. The first kappa shape index (κ1) is 35.3. The largest absolute Gasteiger partial charge is 0.454 e. The van der Waals surface area contributed by atoms with Crippen LogP contribution >= 0.6 is 0 Å². The molecule has 2 aliphatic rings. The van der Waals surface area contributed by atoms with E-state index in [1.54, 1.807) is 0 Å². The van der Waals surface area contributed by atoms with Crippen LogP contribution < -0.4 is 4.90 Å². The lowest BCUT2D eigenvalue weighted by Gasteiger charge is -2.30. The van der Waals surface area contributed by atoms with Gasteiger partial charge in [-0.1, -0.05) is 161 Å². The fraction of sp³-hybridized carbons (Fsp3) is 0.123. The van der Waals surface area contributed by atoms with Crippen LogP contribution in [0.2, 0.25) is 0 Å². The second-order valence-corrected chi connectivity index (χ2v) is 17.2. The fourth-order valence-electron chi connectivity index (χ4n) is 10.1. The van der Waals surface area contributed by atoms with Gasteiger partial charge < -0.3 is 9.32 Å². The van der Waals surface area contributed by atoms with E-state index in [0.29, 0.717) is 0 Å². The summed E-state index contributed by atoms with van der Waals surface area (Å²) in [5.41, 5.74) is 19.0. The first-order chi connectivity index (χ1) is 28.7. The lowest BCUT2D eigenvalue weighted by atomic mass is 9.79. The number of furan rings is 1. The minimum Gasteiger partial charge on any atom is -0.454 e. The lowest BCUT2D eigenvalue weighted by molar-refractivity contribution is 0.652. The molecule has 0 amide bonds. The van der Waals surface area contributed by atoms with E-state index in [-0.39, 0.29) is 10.8 Å². The molecule has 9 aromatic rings. The Balaban J connectivity index is 1.16. The standard InChI is InChI=1S/C57H45NO/c1-6-7-9-20-39-32-44-45-33-49-46(54-41-21-13-12-19-38(41)28-31-47(54)56(49,2)3)34-48(45)57(4,5)50(44)35-52(39)58(40-29-26-37(27-30-40)36-17-10-8-11-18-36)51-24-16-23-43-42-22-14-15-25-53(42)59-55(43)51/h6-35H,1-5H3/b7-6-,20-9-. The summed E-state index contributed by atoms with van der Waals surface area (Å²) in [5.74, 6) is 0. The summed E-state index contributed by atoms with van der Waals surface area (Å²) in [6, 6.07) is 58.0. The number of allylic oxidation sites excluding steroid dienone is 3. The molecule has 0 unspecified atom stereocenters. The molecule has 0 atom stereocenters. The first-order valence-electron chi connectivity index (χ1n) is 20.8. The van der Waals surface area contributed by atoms with Crippen molar-refractivity contribution in [2.75, 3.05) is 4.90 Å². The lowest BCUT2D eigenvalue weighted by Crippen LogP contribution is -2.18. The van der Waals surface area contributed by atoms with Crippen LogP contribution in [-0.4, -0.2) is 0 Å². The summed E-state index contributed by atoms with van der Waals surface area (Å²) in [6.07, 6.45) is 8.64. The Bertz CT molecular complexity index is 3210. The van der Waals surface area contributed by atoms with Crippen molar-refractivity contribution in [1.82, 2.24) is 0 Å². The Morgan fingerprint density at radius 3 is 1.95 bits per heavy atom. The van der Waals surface area contributed by atoms with E-state index in [1.807, 2.05) is 6.07 Å². The first-order valence-corrected chi connectivity index (χ1v) is 20.8. The molecule has 2 heteroatoms. The molecule has 2 aliphatic carbocycles. The summed E-state index contributed by atoms with van der Waals surface area (Å²) < 4.78 is 6.78. The summed E-state index contributed by atoms with van der Waals surface area (Å²) in [6.45, 7) is 11.7. The summed E-state index contributed by atoms with van der Waals surface area (Å²) in [4.78, 5) is 2.42. The van der Waals surface area contributed by atoms with Gasteiger partial charge in [0, 0.05) is 27.3 Å². The van der Waals surface area contributed by atoms with Crippen molar-refractivity contribution < 1.29 is 4.42 Å². The Morgan fingerprint density at radius 1 is 0.492 bits per heavy atom. The number of benzene rings is 8. The smallest absolute Gasteiger partial charge is 0.159 e. The van der Waals surface area contributed by atoms with Gasteiger partial charge in [0.15, 0.2) is 5.58 Å². The van der Waals surface area contributed by atoms with E-state index in [0.717, 1.165) is 44.6 Å². The third-order valence-electron chi connectivity index (χ3n) is 13.2. The Kier molecular flexibility index (Phi) is 7.81. The SMILES string of the molecule is C/C=C\C=C/c1cc2c(cc1N(c1ccc(-c3ccccc3)cc1)c1cccc3c1oc1ccccc13)C(C)(C)c1cc3c(cc1-2)C(C)(C)c1ccc2ccccc2c1-3. The number of hydrogen-bond acceptors (Lipinski definition) is 2. The maximum Gasteiger partial charge on any atom is 0.159 e. The Morgan fingerprint density at radius 2 is 1.14 bits per heavy atom. The van der Waals surface area contributed by atoms with E-state index in [4.69, 9.17) is 4.42 Å². The third-order valence-corrected chi connectivity index (χ3v) is 13.2. The molecule has 0 saturated heterocycles. The van der Waals surface area contributed by atoms with Gasteiger partial charge in [-0.05, 0) is 127 Å². The molecule has 8 aromatic carbocycles. The molecule has 0 bridgehead atoms. The van der Waals surface area contributed by atoms with Crippen molar-refractivity contribution in [1.29, 1.82) is 0 Å². The predicted molar refractivity (Wildman–Crippen MR) is 250 cm³/mol. The number of nitrogens with zero attached hydrogens (tertiary/aromatic N) is 1. The highest BCUT2D eigenvalue weighted by Gasteiger charge is 2.43. The van der Waals surface area contributed by atoms with Gasteiger partial charge in [0.2, 0.25) is 0 Å². The molecule has 59 heavy (non-hydrogen) atoms. The minimum absolute atomic E-state index is 0.126. The second kappa shape index (κ2) is 13.1. The average Bonchev–Trinajstić information content (AvgIpc) is 3.83. The van der Waals surface area contributed by atoms with Gasteiger partial charge in [-0.3, -0.25) is 0 Å². The molecular weight excluding hydrogens is 715 g/mol. The molecule has 284 valence electrons. The predicted octanol–water partition coefficient (Wildman–Crippen LogP) is 16.1. The van der Waals surface area contributed by atoms with Crippen LogP contribution in [0.1, 0.15) is 62.4 Å². The molecule has 0 saturated carbocycles. The molecule has 0 fully saturated rings. The van der Waals surface area contributed by atoms with Crippen LogP contribution in [0, 0.1) is 0 Å². The highest BCUT2D eigenvalue weighted by atomic mass is 16.3. The maximum atomic E-state index is 6.78. The Hall–Kier alpha value is -6.90. The van der Waals surface area contributed by atoms with Crippen LogP contribution in [0.25, 0.3) is 72.2 Å². The summed E-state index contributed by atoms with van der Waals surface area (Å²) in [7, 11) is 0.